The number of amides is 1. The summed E-state index contributed by atoms with van der Waals surface area (Å²) in [6.45, 7) is 3.41. The molecule has 1 aliphatic rings. The largest absolute Gasteiger partial charge is 0.479 e. The highest BCUT2D eigenvalue weighted by atomic mass is 16.5. The van der Waals surface area contributed by atoms with Crippen molar-refractivity contribution in [3.05, 3.63) is 0 Å². The summed E-state index contributed by atoms with van der Waals surface area (Å²) in [4.78, 5) is 21.6. The minimum absolute atomic E-state index is 0.0140. The minimum atomic E-state index is -1.44. The maximum Gasteiger partial charge on any atom is 0.332 e. The molecule has 4 N–H and O–H groups in total. The van der Waals surface area contributed by atoms with Crippen LogP contribution in [0.15, 0.2) is 0 Å². The molecule has 0 radical (unpaired) electrons. The molecule has 0 aromatic heterocycles. The van der Waals surface area contributed by atoms with Gasteiger partial charge in [-0.1, -0.05) is 0 Å². The second-order valence-corrected chi connectivity index (χ2v) is 4.33. The number of aliphatic hydroxyl groups excluding tert-OH is 1. The molecule has 1 rings (SSSR count). The summed E-state index contributed by atoms with van der Waals surface area (Å²) in [6.07, 6.45) is -1.45. The van der Waals surface area contributed by atoms with E-state index in [2.05, 4.69) is 10.6 Å². The molecule has 17 heavy (non-hydrogen) atoms. The Hall–Kier alpha value is -1.18. The quantitative estimate of drug-likeness (QED) is 0.427. The van der Waals surface area contributed by atoms with Gasteiger partial charge in [0.05, 0.1) is 5.60 Å². The van der Waals surface area contributed by atoms with Crippen LogP contribution in [0.5, 0.6) is 0 Å². The Kier molecular flexibility index (Phi) is 4.86. The van der Waals surface area contributed by atoms with E-state index >= 15 is 0 Å². The van der Waals surface area contributed by atoms with Gasteiger partial charge in [0.25, 0.3) is 0 Å². The molecule has 0 saturated carbocycles. The Morgan fingerprint density at radius 3 is 2.65 bits per heavy atom. The van der Waals surface area contributed by atoms with Crippen molar-refractivity contribution in [1.29, 1.82) is 0 Å². The number of nitrogens with one attached hydrogen (secondary N) is 2. The van der Waals surface area contributed by atoms with E-state index in [1.165, 1.54) is 0 Å². The highest BCUT2D eigenvalue weighted by molar-refractivity contribution is 5.77. The Morgan fingerprint density at radius 2 is 2.18 bits per heavy atom. The normalized spacial score (nSPS) is 19.2. The first kappa shape index (κ1) is 13.9. The number of hydrogen-bond donors (Lipinski definition) is 4. The third-order valence-corrected chi connectivity index (χ3v) is 2.57. The molecule has 0 bridgehead atoms. The molecule has 1 atom stereocenters. The van der Waals surface area contributed by atoms with E-state index in [4.69, 9.17) is 14.9 Å². The van der Waals surface area contributed by atoms with Crippen LogP contribution in [0, 0.1) is 0 Å². The van der Waals surface area contributed by atoms with E-state index in [9.17, 15) is 9.59 Å². The lowest BCUT2D eigenvalue weighted by atomic mass is 10.0. The van der Waals surface area contributed by atoms with Gasteiger partial charge in [0.15, 0.2) is 6.10 Å². The molecule has 0 aromatic carbocycles. The third kappa shape index (κ3) is 4.68. The van der Waals surface area contributed by atoms with Crippen LogP contribution in [0.4, 0.5) is 0 Å². The summed E-state index contributed by atoms with van der Waals surface area (Å²) in [5.74, 6) is -1.60. The summed E-state index contributed by atoms with van der Waals surface area (Å²) < 4.78 is 5.38. The van der Waals surface area contributed by atoms with E-state index in [1.54, 1.807) is 0 Å². The molecule has 1 aliphatic heterocycles. The van der Waals surface area contributed by atoms with Crippen LogP contribution in [0.2, 0.25) is 0 Å². The molecule has 7 nitrogen and oxygen atoms in total. The first-order chi connectivity index (χ1) is 7.93. The van der Waals surface area contributed by atoms with Gasteiger partial charge in [-0.2, -0.15) is 0 Å². The van der Waals surface area contributed by atoms with E-state index in [-0.39, 0.29) is 31.1 Å². The van der Waals surface area contributed by atoms with E-state index < -0.39 is 12.1 Å². The van der Waals surface area contributed by atoms with Gasteiger partial charge in [-0.25, -0.2) is 4.79 Å². The van der Waals surface area contributed by atoms with Gasteiger partial charge in [-0.15, -0.1) is 0 Å². The monoisotopic (exact) mass is 246 g/mol. The SMILES string of the molecule is CC1(OCC(=O)NCCC(O)C(=O)O)CNC1. The van der Waals surface area contributed by atoms with Crippen molar-refractivity contribution >= 4 is 11.9 Å². The van der Waals surface area contributed by atoms with Gasteiger partial charge >= 0.3 is 5.97 Å². The highest BCUT2D eigenvalue weighted by Crippen LogP contribution is 2.14. The van der Waals surface area contributed by atoms with Crippen LogP contribution >= 0.6 is 0 Å². The molecule has 0 aliphatic carbocycles. The number of rotatable bonds is 7. The predicted octanol–water partition coefficient (Wildman–Crippen LogP) is -1.68. The summed E-state index contributed by atoms with van der Waals surface area (Å²) >= 11 is 0. The number of carboxylic acids is 1. The number of hydrogen-bond acceptors (Lipinski definition) is 5. The lowest BCUT2D eigenvalue weighted by Gasteiger charge is -2.38. The average molecular weight is 246 g/mol. The van der Waals surface area contributed by atoms with Crippen molar-refractivity contribution in [2.45, 2.75) is 25.0 Å². The molecule has 1 saturated heterocycles. The Labute approximate surface area is 99.1 Å². The average Bonchev–Trinajstić information content (AvgIpc) is 2.23. The third-order valence-electron chi connectivity index (χ3n) is 2.57. The maximum atomic E-state index is 11.3. The standard InChI is InChI=1S/C10H18N2O5/c1-10(5-11-6-10)17-4-8(14)12-3-2-7(13)9(15)16/h7,11,13H,2-6H2,1H3,(H,12,14)(H,15,16). The highest BCUT2D eigenvalue weighted by Gasteiger charge is 2.32. The maximum absolute atomic E-state index is 11.3. The second-order valence-electron chi connectivity index (χ2n) is 4.33. The first-order valence-electron chi connectivity index (χ1n) is 5.45. The fourth-order valence-electron chi connectivity index (χ4n) is 1.34. The molecule has 1 fully saturated rings. The molecule has 98 valence electrons. The fourth-order valence-corrected chi connectivity index (χ4v) is 1.34. The van der Waals surface area contributed by atoms with Gasteiger partial charge in [0.1, 0.15) is 6.61 Å². The van der Waals surface area contributed by atoms with Crippen LogP contribution < -0.4 is 10.6 Å². The summed E-state index contributed by atoms with van der Waals surface area (Å²) in [5, 5.41) is 22.9. The number of ether oxygens (including phenoxy) is 1. The minimum Gasteiger partial charge on any atom is -0.479 e. The first-order valence-corrected chi connectivity index (χ1v) is 5.45. The smallest absolute Gasteiger partial charge is 0.332 e. The van der Waals surface area contributed by atoms with Gasteiger partial charge in [-0.05, 0) is 6.92 Å². The zero-order valence-electron chi connectivity index (χ0n) is 9.73. The van der Waals surface area contributed by atoms with Crippen molar-refractivity contribution in [2.75, 3.05) is 26.2 Å². The molecule has 0 aromatic rings. The van der Waals surface area contributed by atoms with Gasteiger partial charge in [0.2, 0.25) is 5.91 Å². The van der Waals surface area contributed by atoms with Crippen molar-refractivity contribution in [2.24, 2.45) is 0 Å². The van der Waals surface area contributed by atoms with Crippen molar-refractivity contribution in [3.8, 4) is 0 Å². The van der Waals surface area contributed by atoms with Gasteiger partial charge in [0, 0.05) is 26.1 Å². The van der Waals surface area contributed by atoms with Crippen LogP contribution in [0.3, 0.4) is 0 Å². The van der Waals surface area contributed by atoms with Gasteiger partial charge < -0.3 is 25.6 Å². The molecular weight excluding hydrogens is 228 g/mol. The number of carbonyl (C=O) groups excluding carboxylic acids is 1. The van der Waals surface area contributed by atoms with Crippen LogP contribution in [0.25, 0.3) is 0 Å². The topological polar surface area (TPSA) is 108 Å². The Bertz CT molecular complexity index is 290. The number of aliphatic hydroxyl groups is 1. The van der Waals surface area contributed by atoms with E-state index in [0.717, 1.165) is 13.1 Å². The zero-order valence-corrected chi connectivity index (χ0v) is 9.73. The Morgan fingerprint density at radius 1 is 1.53 bits per heavy atom. The summed E-state index contributed by atoms with van der Waals surface area (Å²) in [7, 11) is 0. The molecule has 1 amide bonds. The van der Waals surface area contributed by atoms with Crippen molar-refractivity contribution in [3.63, 3.8) is 0 Å². The zero-order chi connectivity index (χ0) is 12.9. The van der Waals surface area contributed by atoms with Gasteiger partial charge in [-0.3, -0.25) is 4.79 Å². The molecule has 1 unspecified atom stereocenters. The fraction of sp³-hybridized carbons (Fsp3) is 0.800. The van der Waals surface area contributed by atoms with Crippen molar-refractivity contribution in [1.82, 2.24) is 10.6 Å². The molecule has 7 heteroatoms. The van der Waals surface area contributed by atoms with Crippen molar-refractivity contribution < 1.29 is 24.5 Å². The van der Waals surface area contributed by atoms with Crippen LogP contribution in [0.1, 0.15) is 13.3 Å². The predicted molar refractivity (Wildman–Crippen MR) is 58.5 cm³/mol. The summed E-state index contributed by atoms with van der Waals surface area (Å²) in [5.41, 5.74) is -0.280. The Balaban J connectivity index is 2.07. The number of aliphatic carboxylic acids is 1. The molecular formula is C10H18N2O5. The van der Waals surface area contributed by atoms with E-state index in [1.807, 2.05) is 6.92 Å². The van der Waals surface area contributed by atoms with Crippen LogP contribution in [-0.2, 0) is 14.3 Å². The number of carbonyl (C=O) groups is 2. The number of carboxylic acid groups (broad SMARTS) is 1. The lowest BCUT2D eigenvalue weighted by molar-refractivity contribution is -0.147. The molecule has 0 spiro atoms. The van der Waals surface area contributed by atoms with E-state index in [0.29, 0.717) is 0 Å². The lowest BCUT2D eigenvalue weighted by Crippen LogP contribution is -2.59. The molecule has 1 heterocycles. The summed E-state index contributed by atoms with van der Waals surface area (Å²) in [6, 6.07) is 0. The second kappa shape index (κ2) is 5.95. The van der Waals surface area contributed by atoms with Crippen LogP contribution in [-0.4, -0.2) is 60.0 Å².